The minimum Gasteiger partial charge on any atom is -0.486 e. The number of nitrogens with zero attached hydrogens (tertiary/aromatic N) is 1. The fourth-order valence-electron chi connectivity index (χ4n) is 4.16. The predicted octanol–water partition coefficient (Wildman–Crippen LogP) is 2.96. The molecule has 0 N–H and O–H groups in total. The minimum absolute atomic E-state index is 0.231. The largest absolute Gasteiger partial charge is 0.486 e. The molecule has 0 bridgehead atoms. The number of carbonyl (C=O) groups excluding carboxylic acids is 1. The summed E-state index contributed by atoms with van der Waals surface area (Å²) in [6.07, 6.45) is 5.13. The van der Waals surface area contributed by atoms with Gasteiger partial charge >= 0.3 is 0 Å². The number of Topliss-reactive ketones (excluding diaryl/α,β-unsaturated/α-hetero) is 1. The number of carbonyl (C=O) groups is 1. The van der Waals surface area contributed by atoms with Crippen LogP contribution in [-0.2, 0) is 0 Å². The van der Waals surface area contributed by atoms with Crippen LogP contribution >= 0.6 is 0 Å². The second kappa shape index (κ2) is 4.32. The molecular formula is C17H21NO2. The first-order valence-corrected chi connectivity index (χ1v) is 7.72. The van der Waals surface area contributed by atoms with E-state index in [-0.39, 0.29) is 11.4 Å². The fourth-order valence-corrected chi connectivity index (χ4v) is 4.16. The number of ether oxygens (including phenoxy) is 1. The van der Waals surface area contributed by atoms with Gasteiger partial charge in [-0.1, -0.05) is 11.6 Å². The number of hydrogen-bond donors (Lipinski definition) is 0. The van der Waals surface area contributed by atoms with E-state index in [9.17, 15) is 4.79 Å². The highest BCUT2D eigenvalue weighted by Gasteiger charge is 2.47. The lowest BCUT2D eigenvalue weighted by atomic mass is 9.79. The SMILES string of the molecule is Cc1ccc2c(c1)C(=O)CC1(CCN3CCCC3C1)O2. The molecule has 2 unspecified atom stereocenters. The van der Waals surface area contributed by atoms with Crippen LogP contribution in [0.2, 0.25) is 0 Å². The standard InChI is InChI=1S/C17H21NO2/c1-12-4-5-16-14(9-12)15(19)11-17(20-16)6-8-18-7-2-3-13(18)10-17/h4-5,9,13H,2-3,6-8,10-11H2,1H3. The van der Waals surface area contributed by atoms with Crippen LogP contribution in [0.1, 0.15) is 48.0 Å². The first-order valence-electron chi connectivity index (χ1n) is 7.72. The van der Waals surface area contributed by atoms with Gasteiger partial charge in [-0.25, -0.2) is 0 Å². The molecule has 106 valence electrons. The van der Waals surface area contributed by atoms with Crippen LogP contribution < -0.4 is 4.74 Å². The van der Waals surface area contributed by atoms with Crippen molar-refractivity contribution in [3.05, 3.63) is 29.3 Å². The van der Waals surface area contributed by atoms with Gasteiger partial charge in [-0.15, -0.1) is 0 Å². The number of piperidine rings is 1. The molecule has 3 heteroatoms. The molecule has 0 aliphatic carbocycles. The summed E-state index contributed by atoms with van der Waals surface area (Å²) in [4.78, 5) is 15.1. The molecule has 2 atom stereocenters. The summed E-state index contributed by atoms with van der Waals surface area (Å²) < 4.78 is 6.35. The van der Waals surface area contributed by atoms with E-state index in [1.165, 1.54) is 19.4 Å². The lowest BCUT2D eigenvalue weighted by Gasteiger charge is -2.46. The molecule has 2 fully saturated rings. The predicted molar refractivity (Wildman–Crippen MR) is 77.3 cm³/mol. The zero-order chi connectivity index (χ0) is 13.7. The van der Waals surface area contributed by atoms with Gasteiger partial charge in [0.2, 0.25) is 0 Å². The summed E-state index contributed by atoms with van der Waals surface area (Å²) in [5.41, 5.74) is 1.68. The van der Waals surface area contributed by atoms with E-state index in [1.807, 2.05) is 25.1 Å². The number of rotatable bonds is 0. The average Bonchev–Trinajstić information content (AvgIpc) is 2.87. The molecule has 3 heterocycles. The average molecular weight is 271 g/mol. The van der Waals surface area contributed by atoms with Crippen LogP contribution in [0.15, 0.2) is 18.2 Å². The summed E-state index contributed by atoms with van der Waals surface area (Å²) in [5, 5.41) is 0. The van der Waals surface area contributed by atoms with Crippen molar-refractivity contribution in [1.82, 2.24) is 4.90 Å². The molecule has 1 aromatic carbocycles. The van der Waals surface area contributed by atoms with Gasteiger partial charge in [0.1, 0.15) is 11.4 Å². The fraction of sp³-hybridized carbons (Fsp3) is 0.588. The van der Waals surface area contributed by atoms with Crippen LogP contribution in [0.5, 0.6) is 5.75 Å². The van der Waals surface area contributed by atoms with E-state index in [0.29, 0.717) is 12.5 Å². The second-order valence-corrected chi connectivity index (χ2v) is 6.67. The van der Waals surface area contributed by atoms with Gasteiger partial charge in [0.05, 0.1) is 12.0 Å². The minimum atomic E-state index is -0.231. The van der Waals surface area contributed by atoms with Crippen LogP contribution in [0.4, 0.5) is 0 Å². The Morgan fingerprint density at radius 1 is 1.35 bits per heavy atom. The number of aryl methyl sites for hydroxylation is 1. The van der Waals surface area contributed by atoms with E-state index < -0.39 is 0 Å². The Morgan fingerprint density at radius 2 is 2.25 bits per heavy atom. The van der Waals surface area contributed by atoms with Crippen molar-refractivity contribution in [2.75, 3.05) is 13.1 Å². The third kappa shape index (κ3) is 1.87. The van der Waals surface area contributed by atoms with Crippen LogP contribution in [0.25, 0.3) is 0 Å². The molecule has 1 spiro atoms. The maximum atomic E-state index is 12.5. The molecule has 3 nitrogen and oxygen atoms in total. The van der Waals surface area contributed by atoms with Gasteiger partial charge in [0, 0.05) is 25.4 Å². The van der Waals surface area contributed by atoms with Gasteiger partial charge in [-0.2, -0.15) is 0 Å². The first kappa shape index (κ1) is 12.4. The van der Waals surface area contributed by atoms with Crippen molar-refractivity contribution in [1.29, 1.82) is 0 Å². The maximum Gasteiger partial charge on any atom is 0.170 e. The summed E-state index contributed by atoms with van der Waals surface area (Å²) in [6, 6.07) is 6.61. The van der Waals surface area contributed by atoms with Crippen molar-refractivity contribution in [2.45, 2.75) is 50.7 Å². The second-order valence-electron chi connectivity index (χ2n) is 6.67. The third-order valence-corrected chi connectivity index (χ3v) is 5.21. The number of ketones is 1. The van der Waals surface area contributed by atoms with Crippen molar-refractivity contribution in [3.63, 3.8) is 0 Å². The lowest BCUT2D eigenvalue weighted by molar-refractivity contribution is -0.0228. The lowest BCUT2D eigenvalue weighted by Crippen LogP contribution is -2.53. The smallest absolute Gasteiger partial charge is 0.170 e. The Bertz CT molecular complexity index is 568. The van der Waals surface area contributed by atoms with Crippen molar-refractivity contribution in [2.24, 2.45) is 0 Å². The number of fused-ring (bicyclic) bond motifs is 2. The normalized spacial score (nSPS) is 32.9. The highest BCUT2D eigenvalue weighted by Crippen LogP contribution is 2.43. The monoisotopic (exact) mass is 271 g/mol. The molecule has 0 saturated carbocycles. The molecular weight excluding hydrogens is 250 g/mol. The van der Waals surface area contributed by atoms with Crippen molar-refractivity contribution < 1.29 is 9.53 Å². The maximum absolute atomic E-state index is 12.5. The zero-order valence-electron chi connectivity index (χ0n) is 12.0. The zero-order valence-corrected chi connectivity index (χ0v) is 12.0. The molecule has 0 amide bonds. The third-order valence-electron chi connectivity index (χ3n) is 5.21. The molecule has 1 aromatic rings. The topological polar surface area (TPSA) is 29.5 Å². The van der Waals surface area contributed by atoms with Crippen molar-refractivity contribution in [3.8, 4) is 5.75 Å². The highest BCUT2D eigenvalue weighted by atomic mass is 16.5. The Kier molecular flexibility index (Phi) is 2.68. The Balaban J connectivity index is 1.65. The van der Waals surface area contributed by atoms with Gasteiger partial charge < -0.3 is 9.64 Å². The summed E-state index contributed by atoms with van der Waals surface area (Å²) >= 11 is 0. The Labute approximate surface area is 119 Å². The summed E-state index contributed by atoms with van der Waals surface area (Å²) in [5.74, 6) is 1.07. The molecule has 0 aromatic heterocycles. The summed E-state index contributed by atoms with van der Waals surface area (Å²) in [7, 11) is 0. The van der Waals surface area contributed by atoms with E-state index in [0.717, 1.165) is 36.3 Å². The van der Waals surface area contributed by atoms with E-state index in [4.69, 9.17) is 4.74 Å². The number of benzene rings is 1. The molecule has 0 radical (unpaired) electrons. The Morgan fingerprint density at radius 3 is 3.15 bits per heavy atom. The van der Waals surface area contributed by atoms with Crippen LogP contribution in [0.3, 0.4) is 0 Å². The van der Waals surface area contributed by atoms with Gasteiger partial charge in [-0.3, -0.25) is 4.79 Å². The molecule has 3 aliphatic rings. The van der Waals surface area contributed by atoms with E-state index >= 15 is 0 Å². The van der Waals surface area contributed by atoms with Gasteiger partial charge in [0.25, 0.3) is 0 Å². The van der Waals surface area contributed by atoms with E-state index in [1.54, 1.807) is 0 Å². The molecule has 20 heavy (non-hydrogen) atoms. The quantitative estimate of drug-likeness (QED) is 0.726. The highest BCUT2D eigenvalue weighted by molar-refractivity contribution is 6.00. The first-order chi connectivity index (χ1) is 9.65. The van der Waals surface area contributed by atoms with Crippen LogP contribution in [-0.4, -0.2) is 35.4 Å². The van der Waals surface area contributed by atoms with Crippen molar-refractivity contribution >= 4 is 5.78 Å². The summed E-state index contributed by atoms with van der Waals surface area (Å²) in [6.45, 7) is 4.33. The van der Waals surface area contributed by atoms with Gasteiger partial charge in [-0.05, 0) is 38.4 Å². The van der Waals surface area contributed by atoms with Crippen LogP contribution in [0, 0.1) is 6.92 Å². The molecule has 3 aliphatic heterocycles. The molecule has 2 saturated heterocycles. The van der Waals surface area contributed by atoms with E-state index in [2.05, 4.69) is 4.90 Å². The molecule has 4 rings (SSSR count). The number of hydrogen-bond acceptors (Lipinski definition) is 3. The van der Waals surface area contributed by atoms with Gasteiger partial charge in [0.15, 0.2) is 5.78 Å². The Hall–Kier alpha value is -1.35.